The third-order valence-electron chi connectivity index (χ3n) is 3.78. The van der Waals surface area contributed by atoms with Crippen LogP contribution >= 0.6 is 12.4 Å². The van der Waals surface area contributed by atoms with E-state index in [-0.39, 0.29) is 30.8 Å². The van der Waals surface area contributed by atoms with E-state index in [1.54, 1.807) is 6.92 Å². The van der Waals surface area contributed by atoms with Gasteiger partial charge in [0.05, 0.1) is 6.61 Å². The normalized spacial score (nSPS) is 28.4. The monoisotopic (exact) mass is 290 g/mol. The summed E-state index contributed by atoms with van der Waals surface area (Å²) in [6.45, 7) is 2.10. The van der Waals surface area contributed by atoms with Gasteiger partial charge in [-0.2, -0.15) is 0 Å². The van der Waals surface area contributed by atoms with E-state index in [1.807, 2.05) is 0 Å². The van der Waals surface area contributed by atoms with E-state index in [1.165, 1.54) is 12.8 Å². The molecule has 0 aliphatic carbocycles. The van der Waals surface area contributed by atoms with Gasteiger partial charge in [-0.25, -0.2) is 0 Å². The molecule has 5 nitrogen and oxygen atoms in total. The van der Waals surface area contributed by atoms with Crippen LogP contribution in [-0.4, -0.2) is 37.1 Å². The average Bonchev–Trinajstić information content (AvgIpc) is 2.67. The van der Waals surface area contributed by atoms with Crippen LogP contribution in [0.1, 0.15) is 39.0 Å². The summed E-state index contributed by atoms with van der Waals surface area (Å²) in [5.74, 6) is 0.0662. The molecule has 2 rings (SSSR count). The third kappa shape index (κ3) is 4.99. The van der Waals surface area contributed by atoms with Gasteiger partial charge in [-0.05, 0) is 38.5 Å². The number of amides is 1. The van der Waals surface area contributed by atoms with Gasteiger partial charge >= 0.3 is 5.97 Å². The van der Waals surface area contributed by atoms with Crippen LogP contribution in [0.2, 0.25) is 0 Å². The van der Waals surface area contributed by atoms with Gasteiger partial charge in [0.25, 0.3) is 0 Å². The lowest BCUT2D eigenvalue weighted by atomic mass is 9.89. The maximum Gasteiger partial charge on any atom is 0.325 e. The van der Waals surface area contributed by atoms with Crippen molar-refractivity contribution in [2.24, 2.45) is 5.92 Å². The van der Waals surface area contributed by atoms with Crippen molar-refractivity contribution in [1.82, 2.24) is 10.6 Å². The molecule has 2 N–H and O–H groups in total. The fourth-order valence-electron chi connectivity index (χ4n) is 3.06. The lowest BCUT2D eigenvalue weighted by Gasteiger charge is -2.28. The number of ether oxygens (including phenoxy) is 1. The molecule has 0 spiro atoms. The van der Waals surface area contributed by atoms with Crippen LogP contribution < -0.4 is 10.6 Å². The predicted octanol–water partition coefficient (Wildman–Crippen LogP) is 1.01. The van der Waals surface area contributed by atoms with Crippen LogP contribution in [0, 0.1) is 5.92 Å². The van der Waals surface area contributed by atoms with E-state index in [0.29, 0.717) is 31.0 Å². The summed E-state index contributed by atoms with van der Waals surface area (Å²) in [5.41, 5.74) is 0. The van der Waals surface area contributed by atoms with Crippen molar-refractivity contribution >= 4 is 24.3 Å². The number of nitrogens with one attached hydrogen (secondary N) is 2. The molecule has 2 bridgehead atoms. The smallest absolute Gasteiger partial charge is 0.325 e. The molecule has 2 aliphatic heterocycles. The Hall–Kier alpha value is -0.810. The summed E-state index contributed by atoms with van der Waals surface area (Å²) in [6.07, 6.45) is 5.19. The first-order valence-corrected chi connectivity index (χ1v) is 6.85. The first-order valence-electron chi connectivity index (χ1n) is 6.85. The van der Waals surface area contributed by atoms with Crippen molar-refractivity contribution in [3.8, 4) is 0 Å². The summed E-state index contributed by atoms with van der Waals surface area (Å²) < 4.78 is 4.76. The van der Waals surface area contributed by atoms with Gasteiger partial charge in [0, 0.05) is 18.5 Å². The van der Waals surface area contributed by atoms with Crippen molar-refractivity contribution in [2.45, 2.75) is 51.1 Å². The van der Waals surface area contributed by atoms with E-state index in [2.05, 4.69) is 10.6 Å². The number of carbonyl (C=O) groups is 2. The molecule has 2 saturated heterocycles. The number of hydrogen-bond acceptors (Lipinski definition) is 4. The molecule has 2 fully saturated rings. The van der Waals surface area contributed by atoms with Gasteiger partial charge < -0.3 is 15.4 Å². The van der Waals surface area contributed by atoms with Crippen molar-refractivity contribution in [1.29, 1.82) is 0 Å². The van der Waals surface area contributed by atoms with E-state index < -0.39 is 0 Å². The Morgan fingerprint density at radius 3 is 2.47 bits per heavy atom. The van der Waals surface area contributed by atoms with Crippen LogP contribution in [0.15, 0.2) is 0 Å². The highest BCUT2D eigenvalue weighted by Crippen LogP contribution is 2.32. The quantitative estimate of drug-likeness (QED) is 0.742. The van der Waals surface area contributed by atoms with Gasteiger partial charge in [-0.1, -0.05) is 0 Å². The summed E-state index contributed by atoms with van der Waals surface area (Å²) in [4.78, 5) is 22.8. The van der Waals surface area contributed by atoms with Gasteiger partial charge in [-0.3, -0.25) is 9.59 Å². The van der Waals surface area contributed by atoms with Crippen LogP contribution in [0.5, 0.6) is 0 Å². The summed E-state index contributed by atoms with van der Waals surface area (Å²) >= 11 is 0. The van der Waals surface area contributed by atoms with Crippen LogP contribution in [0.4, 0.5) is 0 Å². The Kier molecular flexibility index (Phi) is 6.58. The zero-order valence-corrected chi connectivity index (χ0v) is 12.1. The first-order chi connectivity index (χ1) is 8.67. The number of piperidine rings is 1. The molecular formula is C13H23ClN2O3. The molecule has 1 amide bonds. The minimum atomic E-state index is -0.365. The van der Waals surface area contributed by atoms with E-state index in [4.69, 9.17) is 4.74 Å². The maximum absolute atomic E-state index is 11.7. The molecule has 19 heavy (non-hydrogen) atoms. The highest BCUT2D eigenvalue weighted by molar-refractivity contribution is 5.85. The maximum atomic E-state index is 11.7. The topological polar surface area (TPSA) is 67.4 Å². The molecular weight excluding hydrogens is 268 g/mol. The molecule has 0 radical (unpaired) electrons. The zero-order valence-electron chi connectivity index (χ0n) is 11.3. The Balaban J connectivity index is 0.00000180. The summed E-state index contributed by atoms with van der Waals surface area (Å²) in [5, 5.41) is 6.19. The lowest BCUT2D eigenvalue weighted by molar-refractivity contribution is -0.143. The second-order valence-corrected chi connectivity index (χ2v) is 5.26. The van der Waals surface area contributed by atoms with Crippen LogP contribution in [-0.2, 0) is 14.3 Å². The van der Waals surface area contributed by atoms with Crippen molar-refractivity contribution in [3.63, 3.8) is 0 Å². The molecule has 2 aliphatic rings. The number of halogens is 1. The molecule has 0 aromatic carbocycles. The predicted molar refractivity (Wildman–Crippen MR) is 74.2 cm³/mol. The molecule has 6 heteroatoms. The molecule has 2 heterocycles. The SMILES string of the molecule is CCOC(=O)CNC(=O)CC1CC2CCC(C1)N2.Cl. The summed E-state index contributed by atoms with van der Waals surface area (Å²) in [7, 11) is 0. The van der Waals surface area contributed by atoms with Gasteiger partial charge in [0.15, 0.2) is 0 Å². The Labute approximate surface area is 120 Å². The molecule has 0 aromatic rings. The van der Waals surface area contributed by atoms with Crippen LogP contribution in [0.3, 0.4) is 0 Å². The highest BCUT2D eigenvalue weighted by atomic mass is 35.5. The van der Waals surface area contributed by atoms with E-state index in [9.17, 15) is 9.59 Å². The highest BCUT2D eigenvalue weighted by Gasteiger charge is 2.34. The lowest BCUT2D eigenvalue weighted by Crippen LogP contribution is -2.40. The number of hydrogen-bond donors (Lipinski definition) is 2. The van der Waals surface area contributed by atoms with E-state index >= 15 is 0 Å². The van der Waals surface area contributed by atoms with Crippen molar-refractivity contribution < 1.29 is 14.3 Å². The average molecular weight is 291 g/mol. The van der Waals surface area contributed by atoms with Crippen molar-refractivity contribution in [3.05, 3.63) is 0 Å². The summed E-state index contributed by atoms with van der Waals surface area (Å²) in [6, 6.07) is 1.21. The molecule has 2 unspecified atom stereocenters. The third-order valence-corrected chi connectivity index (χ3v) is 3.78. The molecule has 110 valence electrons. The molecule has 2 atom stereocenters. The second-order valence-electron chi connectivity index (χ2n) is 5.26. The first kappa shape index (κ1) is 16.2. The second kappa shape index (κ2) is 7.70. The fourth-order valence-corrected chi connectivity index (χ4v) is 3.06. The minimum Gasteiger partial charge on any atom is -0.465 e. The number of fused-ring (bicyclic) bond motifs is 2. The van der Waals surface area contributed by atoms with Crippen molar-refractivity contribution in [2.75, 3.05) is 13.2 Å². The standard InChI is InChI=1S/C13H22N2O3.ClH/c1-2-18-13(17)8-14-12(16)7-9-5-10-3-4-11(6-9)15-10;/h9-11,15H,2-8H2,1H3,(H,14,16);1H. The number of carbonyl (C=O) groups excluding carboxylic acids is 2. The molecule has 0 aromatic heterocycles. The number of esters is 1. The zero-order chi connectivity index (χ0) is 13.0. The Bertz CT molecular complexity index is 313. The fraction of sp³-hybridized carbons (Fsp3) is 0.846. The Morgan fingerprint density at radius 2 is 1.89 bits per heavy atom. The number of rotatable bonds is 5. The molecule has 0 saturated carbocycles. The van der Waals surface area contributed by atoms with Gasteiger partial charge in [0.1, 0.15) is 6.54 Å². The van der Waals surface area contributed by atoms with Gasteiger partial charge in [-0.15, -0.1) is 12.4 Å². The largest absolute Gasteiger partial charge is 0.465 e. The van der Waals surface area contributed by atoms with Crippen LogP contribution in [0.25, 0.3) is 0 Å². The van der Waals surface area contributed by atoms with Gasteiger partial charge in [0.2, 0.25) is 5.91 Å². The van der Waals surface area contributed by atoms with E-state index in [0.717, 1.165) is 12.8 Å². The Morgan fingerprint density at radius 1 is 1.26 bits per heavy atom. The minimum absolute atomic E-state index is 0.